The largest absolute Gasteiger partial charge is 0.390 e. The summed E-state index contributed by atoms with van der Waals surface area (Å²) < 4.78 is 14.4. The third-order valence-electron chi connectivity index (χ3n) is 4.66. The first-order chi connectivity index (χ1) is 6.53. The number of hydrogen-bond acceptors (Lipinski definition) is 1. The molecule has 14 heavy (non-hydrogen) atoms. The molecule has 0 aromatic rings. The Morgan fingerprint density at radius 2 is 2.43 bits per heavy atom. The molecule has 0 aromatic carbocycles. The van der Waals surface area contributed by atoms with Crippen molar-refractivity contribution in [1.82, 2.24) is 0 Å². The van der Waals surface area contributed by atoms with Gasteiger partial charge in [-0.25, -0.2) is 4.39 Å². The highest BCUT2D eigenvalue weighted by Crippen LogP contribution is 2.47. The van der Waals surface area contributed by atoms with E-state index in [2.05, 4.69) is 0 Å². The van der Waals surface area contributed by atoms with Gasteiger partial charge in [0.15, 0.2) is 0 Å². The minimum Gasteiger partial charge on any atom is -0.390 e. The molecule has 0 aliphatic carbocycles. The zero-order chi connectivity index (χ0) is 10.4. The Bertz CT molecular complexity index is 238. The lowest BCUT2D eigenvalue weighted by molar-refractivity contribution is -0.846. The molecule has 3 unspecified atom stereocenters. The number of halogens is 1. The van der Waals surface area contributed by atoms with Gasteiger partial charge in [0.2, 0.25) is 10.4 Å². The molecule has 4 atom stereocenters. The molecule has 0 radical (unpaired) electrons. The molecule has 0 saturated carbocycles. The number of aliphatic hydroxyl groups is 1. The minimum absolute atomic E-state index is 0.0528. The predicted octanol–water partition coefficient (Wildman–Crippen LogP) is -0.0136. The normalized spacial score (nSPS) is 49.5. The van der Waals surface area contributed by atoms with Crippen molar-refractivity contribution in [2.24, 2.45) is 5.92 Å². The average molecular weight is 218 g/mol. The molecule has 2 aliphatic rings. The fourth-order valence-corrected chi connectivity index (χ4v) is 4.90. The van der Waals surface area contributed by atoms with Gasteiger partial charge in [-0.15, -0.1) is 0 Å². The molecular weight excluding hydrogens is 197 g/mol. The number of hydrogen-bond donors (Lipinski definition) is 1. The quantitative estimate of drug-likeness (QED) is 0.646. The molecule has 2 fully saturated rings. The van der Waals surface area contributed by atoms with Crippen LogP contribution in [0.3, 0.4) is 0 Å². The number of nitrogens with zero attached hydrogens (tertiary/aromatic N) is 1. The molecule has 2 rings (SSSR count). The van der Waals surface area contributed by atoms with Crippen molar-refractivity contribution in [3.63, 3.8) is 0 Å². The first kappa shape index (κ1) is 10.6. The standard InChI is InChI=1S/C10H21FNOSi/c1-8(11)9-5-10(7-13)3-2-4-12(10,14)6-9/h8-9,13H,2-7H2,1,14H3/q+1/t8?,9?,10-,12?/m0/s1. The van der Waals surface area contributed by atoms with Gasteiger partial charge >= 0.3 is 0 Å². The summed E-state index contributed by atoms with van der Waals surface area (Å²) in [5.41, 5.74) is 0.0528. The van der Waals surface area contributed by atoms with E-state index in [9.17, 15) is 9.50 Å². The molecule has 0 bridgehead atoms. The monoisotopic (exact) mass is 218 g/mol. The lowest BCUT2D eigenvalue weighted by Crippen LogP contribution is -2.56. The summed E-state index contributed by atoms with van der Waals surface area (Å²) in [4.78, 5) is 0. The highest BCUT2D eigenvalue weighted by Gasteiger charge is 2.58. The van der Waals surface area contributed by atoms with Crippen LogP contribution in [-0.4, -0.2) is 51.1 Å². The first-order valence-corrected chi connectivity index (χ1v) is 6.52. The van der Waals surface area contributed by atoms with Gasteiger partial charge in [0.05, 0.1) is 19.7 Å². The summed E-state index contributed by atoms with van der Waals surface area (Å²) in [5, 5.41) is 9.58. The van der Waals surface area contributed by atoms with Crippen molar-refractivity contribution < 1.29 is 13.6 Å². The van der Waals surface area contributed by atoms with Crippen LogP contribution in [0.1, 0.15) is 26.2 Å². The second kappa shape index (κ2) is 3.28. The fourth-order valence-electron chi connectivity index (χ4n) is 3.56. The zero-order valence-corrected chi connectivity index (χ0v) is 11.2. The second-order valence-electron chi connectivity index (χ2n) is 5.43. The van der Waals surface area contributed by atoms with Crippen molar-refractivity contribution >= 4 is 10.4 Å². The van der Waals surface area contributed by atoms with Crippen LogP contribution in [0, 0.1) is 5.92 Å². The van der Waals surface area contributed by atoms with E-state index in [4.69, 9.17) is 0 Å². The van der Waals surface area contributed by atoms with Crippen molar-refractivity contribution in [3.8, 4) is 0 Å². The maximum Gasteiger partial charge on any atom is 0.239 e. The zero-order valence-electron chi connectivity index (χ0n) is 9.17. The molecule has 1 N–H and O–H groups in total. The van der Waals surface area contributed by atoms with Crippen molar-refractivity contribution in [1.29, 1.82) is 0 Å². The Balaban J connectivity index is 2.21. The van der Waals surface area contributed by atoms with E-state index in [1.165, 1.54) is 13.0 Å². The summed E-state index contributed by atoms with van der Waals surface area (Å²) in [6.45, 7) is 4.09. The molecule has 2 aliphatic heterocycles. The van der Waals surface area contributed by atoms with Crippen LogP contribution in [0.15, 0.2) is 0 Å². The maximum absolute atomic E-state index is 13.3. The first-order valence-electron chi connectivity index (χ1n) is 5.63. The average Bonchev–Trinajstić information content (AvgIpc) is 2.55. The summed E-state index contributed by atoms with van der Waals surface area (Å²) >= 11 is 0. The lowest BCUT2D eigenvalue weighted by Gasteiger charge is -2.41. The number of quaternary nitrogens is 1. The number of fused-ring (bicyclic) bond motifs is 1. The van der Waals surface area contributed by atoms with Crippen LogP contribution >= 0.6 is 0 Å². The Labute approximate surface area is 88.2 Å². The van der Waals surface area contributed by atoms with Crippen LogP contribution in [-0.2, 0) is 0 Å². The third-order valence-corrected chi connectivity index (χ3v) is 6.42. The van der Waals surface area contributed by atoms with E-state index < -0.39 is 6.17 Å². The smallest absolute Gasteiger partial charge is 0.239 e. The summed E-state index contributed by atoms with van der Waals surface area (Å²) in [7, 11) is 1.06. The molecule has 0 aromatic heterocycles. The Hall–Kier alpha value is 0.0669. The van der Waals surface area contributed by atoms with Gasteiger partial charge in [0, 0.05) is 25.2 Å². The molecule has 82 valence electrons. The van der Waals surface area contributed by atoms with E-state index in [0.717, 1.165) is 33.9 Å². The van der Waals surface area contributed by atoms with E-state index in [0.29, 0.717) is 0 Å². The summed E-state index contributed by atoms with van der Waals surface area (Å²) in [5.74, 6) is 0.194. The molecule has 4 heteroatoms. The van der Waals surface area contributed by atoms with Crippen LogP contribution in [0.5, 0.6) is 0 Å². The molecule has 0 amide bonds. The van der Waals surface area contributed by atoms with Gasteiger partial charge in [-0.1, -0.05) is 0 Å². The molecular formula is C10H21FNOSi+. The van der Waals surface area contributed by atoms with Gasteiger partial charge < -0.3 is 9.26 Å². The van der Waals surface area contributed by atoms with E-state index >= 15 is 0 Å². The number of aliphatic hydroxyl groups excluding tert-OH is 1. The Morgan fingerprint density at radius 1 is 1.71 bits per heavy atom. The van der Waals surface area contributed by atoms with Gasteiger partial charge in [-0.3, -0.25) is 0 Å². The highest BCUT2D eigenvalue weighted by molar-refractivity contribution is 5.98. The highest BCUT2D eigenvalue weighted by atomic mass is 28.2. The van der Waals surface area contributed by atoms with E-state index in [1.807, 2.05) is 0 Å². The van der Waals surface area contributed by atoms with Gasteiger partial charge in [0.1, 0.15) is 11.7 Å². The van der Waals surface area contributed by atoms with Crippen LogP contribution in [0.4, 0.5) is 4.39 Å². The second-order valence-corrected chi connectivity index (χ2v) is 7.14. The molecule has 0 spiro atoms. The Kier molecular flexibility index (Phi) is 2.48. The van der Waals surface area contributed by atoms with Crippen molar-refractivity contribution in [3.05, 3.63) is 0 Å². The van der Waals surface area contributed by atoms with Gasteiger partial charge in [-0.2, -0.15) is 0 Å². The minimum atomic E-state index is -0.701. The van der Waals surface area contributed by atoms with Crippen LogP contribution in [0.25, 0.3) is 0 Å². The van der Waals surface area contributed by atoms with E-state index in [-0.39, 0.29) is 18.1 Å². The Morgan fingerprint density at radius 3 is 2.93 bits per heavy atom. The number of alkyl halides is 1. The maximum atomic E-state index is 13.3. The topological polar surface area (TPSA) is 20.2 Å². The lowest BCUT2D eigenvalue weighted by atomic mass is 9.89. The van der Waals surface area contributed by atoms with Gasteiger partial charge in [-0.05, 0) is 6.92 Å². The summed E-state index contributed by atoms with van der Waals surface area (Å²) in [6.07, 6.45) is 2.53. The van der Waals surface area contributed by atoms with Gasteiger partial charge in [0.25, 0.3) is 0 Å². The molecule has 2 nitrogen and oxygen atoms in total. The summed E-state index contributed by atoms with van der Waals surface area (Å²) in [6, 6.07) is 0. The molecule has 2 heterocycles. The number of rotatable bonds is 2. The third kappa shape index (κ3) is 1.27. The van der Waals surface area contributed by atoms with Crippen LogP contribution in [0.2, 0.25) is 0 Å². The van der Waals surface area contributed by atoms with Crippen molar-refractivity contribution in [2.45, 2.75) is 37.9 Å². The SMILES string of the molecule is CC(F)C1C[C@]2(CO)CCC[N+]2([SiH3])C1. The fraction of sp³-hybridized carbons (Fsp3) is 1.00. The van der Waals surface area contributed by atoms with Crippen molar-refractivity contribution in [2.75, 3.05) is 19.7 Å². The van der Waals surface area contributed by atoms with Crippen LogP contribution < -0.4 is 0 Å². The predicted molar refractivity (Wildman–Crippen MR) is 57.7 cm³/mol. The molecule has 2 saturated heterocycles. The van der Waals surface area contributed by atoms with E-state index in [1.54, 1.807) is 6.92 Å².